The standard InChI is InChI=1S/C29H33ClFN7O2/c1-37(2)12-13-38(3)25-17-27(39-4)24(16-23(25)32)35-29-33-11-10-28(36-29)34-21-8-9-26(22(30)15-21)40-18-19-6-5-7-20(31)14-19/h5-11,14-17H,12-13,18,32H2,1-4H3,(H2,33,34,35,36). The van der Waals surface area contributed by atoms with Crippen molar-refractivity contribution in [2.45, 2.75) is 6.61 Å². The van der Waals surface area contributed by atoms with E-state index in [1.807, 2.05) is 39.3 Å². The van der Waals surface area contributed by atoms with Gasteiger partial charge in [-0.25, -0.2) is 9.37 Å². The molecule has 3 aromatic carbocycles. The molecular weight excluding hydrogens is 533 g/mol. The van der Waals surface area contributed by atoms with Crippen LogP contribution in [-0.2, 0) is 6.61 Å². The molecule has 4 aromatic rings. The van der Waals surface area contributed by atoms with Gasteiger partial charge in [-0.2, -0.15) is 4.98 Å². The lowest BCUT2D eigenvalue weighted by Gasteiger charge is -2.24. The van der Waals surface area contributed by atoms with E-state index in [0.717, 1.165) is 18.8 Å². The van der Waals surface area contributed by atoms with Gasteiger partial charge in [0.25, 0.3) is 0 Å². The topological polar surface area (TPSA) is 101 Å². The lowest BCUT2D eigenvalue weighted by atomic mass is 10.2. The lowest BCUT2D eigenvalue weighted by Crippen LogP contribution is -2.29. The number of methoxy groups -OCH3 is 1. The van der Waals surface area contributed by atoms with Crippen molar-refractivity contribution in [2.24, 2.45) is 0 Å². The Morgan fingerprint density at radius 1 is 0.975 bits per heavy atom. The molecule has 4 N–H and O–H groups in total. The average Bonchev–Trinajstić information content (AvgIpc) is 2.92. The number of nitrogens with two attached hydrogens (primary N) is 1. The molecule has 1 aromatic heterocycles. The molecule has 0 aliphatic heterocycles. The van der Waals surface area contributed by atoms with Gasteiger partial charge in [0.15, 0.2) is 0 Å². The Labute approximate surface area is 238 Å². The first-order chi connectivity index (χ1) is 19.2. The Hall–Kier alpha value is -4.28. The minimum atomic E-state index is -0.312. The number of aromatic nitrogens is 2. The quantitative estimate of drug-likeness (QED) is 0.181. The van der Waals surface area contributed by atoms with Gasteiger partial charge in [-0.15, -0.1) is 0 Å². The van der Waals surface area contributed by atoms with Crippen LogP contribution in [0.2, 0.25) is 5.02 Å². The van der Waals surface area contributed by atoms with Crippen molar-refractivity contribution in [1.82, 2.24) is 14.9 Å². The summed E-state index contributed by atoms with van der Waals surface area (Å²) in [6.07, 6.45) is 1.63. The Bertz CT molecular complexity index is 1450. The van der Waals surface area contributed by atoms with Crippen LogP contribution in [0.5, 0.6) is 11.5 Å². The van der Waals surface area contributed by atoms with E-state index in [0.29, 0.717) is 50.9 Å². The van der Waals surface area contributed by atoms with E-state index in [-0.39, 0.29) is 12.4 Å². The van der Waals surface area contributed by atoms with E-state index >= 15 is 0 Å². The number of nitrogens with zero attached hydrogens (tertiary/aromatic N) is 4. The fourth-order valence-corrected chi connectivity index (χ4v) is 4.13. The second kappa shape index (κ2) is 13.2. The molecule has 0 fully saturated rings. The van der Waals surface area contributed by atoms with Gasteiger partial charge in [-0.3, -0.25) is 0 Å². The zero-order chi connectivity index (χ0) is 28.6. The van der Waals surface area contributed by atoms with E-state index in [9.17, 15) is 4.39 Å². The molecule has 0 amide bonds. The van der Waals surface area contributed by atoms with E-state index in [2.05, 4.69) is 30.4 Å². The molecule has 9 nitrogen and oxygen atoms in total. The molecule has 210 valence electrons. The molecule has 11 heteroatoms. The highest BCUT2D eigenvalue weighted by Crippen LogP contribution is 2.36. The summed E-state index contributed by atoms with van der Waals surface area (Å²) in [4.78, 5) is 13.1. The number of likely N-dealkylation sites (N-methyl/N-ethyl adjacent to an activating group) is 2. The summed E-state index contributed by atoms with van der Waals surface area (Å²) >= 11 is 6.43. The van der Waals surface area contributed by atoms with E-state index in [1.54, 1.807) is 43.6 Å². The number of hydrogen-bond donors (Lipinski definition) is 3. The molecule has 0 saturated carbocycles. The Balaban J connectivity index is 1.44. The van der Waals surface area contributed by atoms with Crippen molar-refractivity contribution in [3.05, 3.63) is 83.3 Å². The van der Waals surface area contributed by atoms with Gasteiger partial charge < -0.3 is 35.6 Å². The predicted octanol–water partition coefficient (Wildman–Crippen LogP) is 5.92. The summed E-state index contributed by atoms with van der Waals surface area (Å²) in [7, 11) is 7.66. The third-order valence-corrected chi connectivity index (χ3v) is 6.33. The van der Waals surface area contributed by atoms with Gasteiger partial charge >= 0.3 is 0 Å². The number of anilines is 6. The number of hydrogen-bond acceptors (Lipinski definition) is 9. The minimum Gasteiger partial charge on any atom is -0.494 e. The number of nitrogens with one attached hydrogen (secondary N) is 2. The zero-order valence-corrected chi connectivity index (χ0v) is 23.7. The third kappa shape index (κ3) is 7.64. The molecule has 0 aliphatic rings. The minimum absolute atomic E-state index is 0.201. The van der Waals surface area contributed by atoms with Crippen LogP contribution in [0.15, 0.2) is 66.9 Å². The van der Waals surface area contributed by atoms with Crippen LogP contribution < -0.4 is 30.7 Å². The second-order valence-electron chi connectivity index (χ2n) is 9.42. The number of rotatable bonds is 12. The van der Waals surface area contributed by atoms with Crippen LogP contribution in [0.1, 0.15) is 5.56 Å². The third-order valence-electron chi connectivity index (χ3n) is 6.03. The normalized spacial score (nSPS) is 10.9. The molecule has 0 spiro atoms. The predicted molar refractivity (Wildman–Crippen MR) is 160 cm³/mol. The molecule has 0 unspecified atom stereocenters. The maximum absolute atomic E-state index is 13.4. The smallest absolute Gasteiger partial charge is 0.229 e. The van der Waals surface area contributed by atoms with Gasteiger partial charge in [0.2, 0.25) is 5.95 Å². The summed E-state index contributed by atoms with van der Waals surface area (Å²) in [6, 6.07) is 17.0. The maximum atomic E-state index is 13.4. The molecule has 1 heterocycles. The molecule has 0 saturated heterocycles. The van der Waals surface area contributed by atoms with Crippen LogP contribution in [0.4, 0.5) is 38.9 Å². The van der Waals surface area contributed by atoms with Crippen molar-refractivity contribution < 1.29 is 13.9 Å². The second-order valence-corrected chi connectivity index (χ2v) is 9.82. The lowest BCUT2D eigenvalue weighted by molar-refractivity contribution is 0.306. The Kier molecular flexibility index (Phi) is 9.47. The van der Waals surface area contributed by atoms with Gasteiger partial charge in [0, 0.05) is 38.1 Å². The first-order valence-electron chi connectivity index (χ1n) is 12.6. The van der Waals surface area contributed by atoms with Gasteiger partial charge in [0.05, 0.1) is 29.2 Å². The first kappa shape index (κ1) is 28.7. The van der Waals surface area contributed by atoms with Crippen molar-refractivity contribution >= 4 is 46.1 Å². The number of nitrogen functional groups attached to an aromatic ring is 1. The molecule has 0 radical (unpaired) electrons. The van der Waals surface area contributed by atoms with Crippen molar-refractivity contribution in [2.75, 3.05) is 62.6 Å². The Morgan fingerprint density at radius 2 is 1.80 bits per heavy atom. The number of halogens is 2. The summed E-state index contributed by atoms with van der Waals surface area (Å²) < 4.78 is 24.8. The van der Waals surface area contributed by atoms with Crippen molar-refractivity contribution in [3.8, 4) is 11.5 Å². The van der Waals surface area contributed by atoms with Crippen LogP contribution >= 0.6 is 11.6 Å². The van der Waals surface area contributed by atoms with Crippen molar-refractivity contribution in [1.29, 1.82) is 0 Å². The Morgan fingerprint density at radius 3 is 2.52 bits per heavy atom. The maximum Gasteiger partial charge on any atom is 0.229 e. The summed E-state index contributed by atoms with van der Waals surface area (Å²) in [5.74, 6) is 1.70. The number of ether oxygens (including phenoxy) is 2. The highest BCUT2D eigenvalue weighted by molar-refractivity contribution is 6.32. The summed E-state index contributed by atoms with van der Waals surface area (Å²) in [6.45, 7) is 1.91. The molecule has 0 aliphatic carbocycles. The molecule has 0 atom stereocenters. The van der Waals surface area contributed by atoms with Gasteiger partial charge in [0.1, 0.15) is 29.7 Å². The summed E-state index contributed by atoms with van der Waals surface area (Å²) in [5.41, 5.74) is 9.93. The monoisotopic (exact) mass is 565 g/mol. The molecule has 0 bridgehead atoms. The molecule has 40 heavy (non-hydrogen) atoms. The largest absolute Gasteiger partial charge is 0.494 e. The van der Waals surface area contributed by atoms with Crippen LogP contribution in [-0.4, -0.2) is 56.2 Å². The van der Waals surface area contributed by atoms with Crippen LogP contribution in [0.3, 0.4) is 0 Å². The zero-order valence-electron chi connectivity index (χ0n) is 22.9. The number of benzene rings is 3. The fourth-order valence-electron chi connectivity index (χ4n) is 3.89. The highest BCUT2D eigenvalue weighted by atomic mass is 35.5. The van der Waals surface area contributed by atoms with E-state index in [1.165, 1.54) is 12.1 Å². The average molecular weight is 566 g/mol. The molecular formula is C29H33ClFN7O2. The highest BCUT2D eigenvalue weighted by Gasteiger charge is 2.14. The van der Waals surface area contributed by atoms with Crippen molar-refractivity contribution in [3.63, 3.8) is 0 Å². The SMILES string of the molecule is COc1cc(N(C)CCN(C)C)c(N)cc1Nc1nccc(Nc2ccc(OCc3cccc(F)c3)c(Cl)c2)n1. The van der Waals surface area contributed by atoms with Crippen LogP contribution in [0.25, 0.3) is 0 Å². The van der Waals surface area contributed by atoms with Gasteiger partial charge in [-0.05, 0) is 62.1 Å². The van der Waals surface area contributed by atoms with E-state index < -0.39 is 0 Å². The summed E-state index contributed by atoms with van der Waals surface area (Å²) in [5, 5.41) is 6.82. The van der Waals surface area contributed by atoms with E-state index in [4.69, 9.17) is 26.8 Å². The van der Waals surface area contributed by atoms with Crippen LogP contribution in [0, 0.1) is 5.82 Å². The first-order valence-corrected chi connectivity index (χ1v) is 13.0. The fraction of sp³-hybridized carbons (Fsp3) is 0.241. The van der Waals surface area contributed by atoms with Gasteiger partial charge in [-0.1, -0.05) is 23.7 Å². The molecule has 4 rings (SSSR count).